The first-order valence-corrected chi connectivity index (χ1v) is 9.52. The molecular weight excluding hydrogens is 316 g/mol. The van der Waals surface area contributed by atoms with E-state index in [4.69, 9.17) is 4.74 Å². The lowest BCUT2D eigenvalue weighted by Crippen LogP contribution is -2.54. The van der Waals surface area contributed by atoms with Gasteiger partial charge in [-0.3, -0.25) is 9.59 Å². The maximum absolute atomic E-state index is 13.3. The highest BCUT2D eigenvalue weighted by Gasteiger charge is 2.64. The van der Waals surface area contributed by atoms with Crippen molar-refractivity contribution in [2.75, 3.05) is 0 Å². The number of carbonyl (C=O) groups is 3. The van der Waals surface area contributed by atoms with Crippen molar-refractivity contribution in [3.05, 3.63) is 23.3 Å². The summed E-state index contributed by atoms with van der Waals surface area (Å²) in [6.07, 6.45) is 7.98. The monoisotopic (exact) mass is 340 g/mol. The number of allylic oxidation sites excluding steroid dienone is 1. The van der Waals surface area contributed by atoms with Gasteiger partial charge in [-0.25, -0.2) is 4.79 Å². The van der Waals surface area contributed by atoms with Gasteiger partial charge in [0.2, 0.25) is 0 Å². The molecule has 0 bridgehead atoms. The lowest BCUT2D eigenvalue weighted by Gasteiger charge is -2.56. The lowest BCUT2D eigenvalue weighted by molar-refractivity contribution is -0.144. The summed E-state index contributed by atoms with van der Waals surface area (Å²) in [7, 11) is 0. The second-order valence-electron chi connectivity index (χ2n) is 9.16. The van der Waals surface area contributed by atoms with Gasteiger partial charge >= 0.3 is 5.97 Å². The predicted octanol–water partition coefficient (Wildman–Crippen LogP) is 3.16. The van der Waals surface area contributed by atoms with E-state index in [1.807, 2.05) is 6.08 Å². The van der Waals surface area contributed by atoms with Crippen molar-refractivity contribution < 1.29 is 19.1 Å². The average Bonchev–Trinajstić information content (AvgIpc) is 3.03. The van der Waals surface area contributed by atoms with Gasteiger partial charge in [-0.1, -0.05) is 19.4 Å². The van der Waals surface area contributed by atoms with Gasteiger partial charge in [-0.15, -0.1) is 0 Å². The van der Waals surface area contributed by atoms with Crippen molar-refractivity contribution in [2.24, 2.45) is 28.6 Å². The number of esters is 1. The minimum absolute atomic E-state index is 0.0220. The molecule has 0 saturated heterocycles. The molecule has 0 aromatic carbocycles. The van der Waals surface area contributed by atoms with Gasteiger partial charge in [0.25, 0.3) is 0 Å². The smallest absolute Gasteiger partial charge is 0.331 e. The van der Waals surface area contributed by atoms with Gasteiger partial charge in [-0.2, -0.15) is 0 Å². The highest BCUT2D eigenvalue weighted by atomic mass is 16.5. The molecule has 0 aromatic rings. The Balaban J connectivity index is 1.57. The minimum Gasteiger partial charge on any atom is -0.455 e. The molecule has 1 aliphatic heterocycles. The molecule has 4 heteroatoms. The number of rotatable bonds is 0. The summed E-state index contributed by atoms with van der Waals surface area (Å²) in [6, 6.07) is 0. The molecule has 3 saturated carbocycles. The zero-order valence-electron chi connectivity index (χ0n) is 14.8. The number of fused-ring (bicyclic) bond motifs is 7. The van der Waals surface area contributed by atoms with Crippen LogP contribution in [0.2, 0.25) is 0 Å². The van der Waals surface area contributed by atoms with Crippen molar-refractivity contribution in [3.8, 4) is 0 Å². The van der Waals surface area contributed by atoms with Crippen LogP contribution >= 0.6 is 0 Å². The standard InChI is InChI=1S/C21H24O4/c1-20-6-5-12(22)7-11(20)3-4-13-14-8-17-15(9-18(24)25-17)21(14,2)10-16(23)19(13)20/h7,9,13-14,17,19H,3-6,8,10H2,1-2H3/t13-,14-,17-,19+,20+,21-/m1/s1. The Bertz CT molecular complexity index is 775. The second-order valence-corrected chi connectivity index (χ2v) is 9.16. The fourth-order valence-electron chi connectivity index (χ4n) is 6.90. The van der Waals surface area contributed by atoms with Crippen LogP contribution in [-0.4, -0.2) is 23.6 Å². The summed E-state index contributed by atoms with van der Waals surface area (Å²) in [4.78, 5) is 36.9. The molecule has 5 aliphatic rings. The molecule has 0 radical (unpaired) electrons. The Morgan fingerprint density at radius 2 is 1.88 bits per heavy atom. The largest absolute Gasteiger partial charge is 0.455 e. The van der Waals surface area contributed by atoms with Crippen molar-refractivity contribution in [1.29, 1.82) is 0 Å². The molecule has 3 fully saturated rings. The van der Waals surface area contributed by atoms with Gasteiger partial charge < -0.3 is 4.74 Å². The fraction of sp³-hybridized carbons (Fsp3) is 0.667. The molecule has 132 valence electrons. The highest BCUT2D eigenvalue weighted by molar-refractivity contribution is 5.93. The Morgan fingerprint density at radius 1 is 1.08 bits per heavy atom. The summed E-state index contributed by atoms with van der Waals surface area (Å²) in [6.45, 7) is 4.37. The van der Waals surface area contributed by atoms with Crippen LogP contribution in [0.4, 0.5) is 0 Å². The molecule has 0 spiro atoms. The van der Waals surface area contributed by atoms with E-state index in [9.17, 15) is 14.4 Å². The van der Waals surface area contributed by atoms with Crippen LogP contribution in [0.15, 0.2) is 23.3 Å². The summed E-state index contributed by atoms with van der Waals surface area (Å²) in [5.41, 5.74) is 1.88. The fourth-order valence-corrected chi connectivity index (χ4v) is 6.90. The van der Waals surface area contributed by atoms with Gasteiger partial charge in [0.1, 0.15) is 11.9 Å². The molecule has 25 heavy (non-hydrogen) atoms. The highest BCUT2D eigenvalue weighted by Crippen LogP contribution is 2.66. The number of ether oxygens (including phenoxy) is 1. The minimum atomic E-state index is -0.249. The molecule has 1 heterocycles. The van der Waals surface area contributed by atoms with Crippen LogP contribution < -0.4 is 0 Å². The van der Waals surface area contributed by atoms with E-state index in [0.717, 1.165) is 31.3 Å². The van der Waals surface area contributed by atoms with E-state index in [2.05, 4.69) is 13.8 Å². The SMILES string of the molecule is C[C@@]12CC(=O)[C@@H]3[C@H](CCC4=CC(=O)CC[C@@]43C)[C@H]1C[C@H]1OC(=O)C=C12. The van der Waals surface area contributed by atoms with Crippen molar-refractivity contribution in [3.63, 3.8) is 0 Å². The van der Waals surface area contributed by atoms with Crippen molar-refractivity contribution in [1.82, 2.24) is 0 Å². The lowest BCUT2D eigenvalue weighted by atomic mass is 9.47. The molecule has 0 unspecified atom stereocenters. The molecule has 4 aliphatic carbocycles. The van der Waals surface area contributed by atoms with Gasteiger partial charge in [0.15, 0.2) is 5.78 Å². The molecule has 4 nitrogen and oxygen atoms in total. The van der Waals surface area contributed by atoms with Crippen LogP contribution in [0, 0.1) is 28.6 Å². The number of hydrogen-bond donors (Lipinski definition) is 0. The van der Waals surface area contributed by atoms with Gasteiger partial charge in [0.05, 0.1) is 0 Å². The first-order valence-electron chi connectivity index (χ1n) is 9.52. The third-order valence-electron chi connectivity index (χ3n) is 8.05. The summed E-state index contributed by atoms with van der Waals surface area (Å²) < 4.78 is 5.50. The van der Waals surface area contributed by atoms with Gasteiger partial charge in [-0.05, 0) is 54.6 Å². The van der Waals surface area contributed by atoms with E-state index >= 15 is 0 Å². The quantitative estimate of drug-likeness (QED) is 0.636. The van der Waals surface area contributed by atoms with E-state index in [-0.39, 0.29) is 34.6 Å². The Labute approximate surface area is 147 Å². The Morgan fingerprint density at radius 3 is 2.68 bits per heavy atom. The topological polar surface area (TPSA) is 60.4 Å². The Hall–Kier alpha value is -1.71. The average molecular weight is 340 g/mol. The van der Waals surface area contributed by atoms with Crippen molar-refractivity contribution >= 4 is 17.5 Å². The molecular formula is C21H24O4. The van der Waals surface area contributed by atoms with E-state index < -0.39 is 0 Å². The predicted molar refractivity (Wildman–Crippen MR) is 90.4 cm³/mol. The third kappa shape index (κ3) is 1.86. The Kier molecular flexibility index (Phi) is 2.93. The van der Waals surface area contributed by atoms with Crippen molar-refractivity contribution in [2.45, 2.75) is 58.5 Å². The summed E-state index contributed by atoms with van der Waals surface area (Å²) in [5, 5.41) is 0. The van der Waals surface area contributed by atoms with Crippen LogP contribution in [0.5, 0.6) is 0 Å². The summed E-state index contributed by atoms with van der Waals surface area (Å²) in [5.74, 6) is 1.05. The molecule has 5 rings (SSSR count). The normalized spacial score (nSPS) is 48.0. The first-order chi connectivity index (χ1) is 11.8. The molecule has 0 amide bonds. The van der Waals surface area contributed by atoms with Crippen LogP contribution in [0.1, 0.15) is 52.4 Å². The number of ketones is 2. The number of Topliss-reactive ketones (excluding diaryl/α,β-unsaturated/α-hetero) is 1. The first kappa shape index (κ1) is 15.5. The number of hydrogen-bond acceptors (Lipinski definition) is 4. The summed E-state index contributed by atoms with van der Waals surface area (Å²) >= 11 is 0. The van der Waals surface area contributed by atoms with E-state index in [1.54, 1.807) is 6.08 Å². The zero-order valence-corrected chi connectivity index (χ0v) is 14.8. The van der Waals surface area contributed by atoms with E-state index in [1.165, 1.54) is 5.57 Å². The van der Waals surface area contributed by atoms with E-state index in [0.29, 0.717) is 30.5 Å². The maximum atomic E-state index is 13.3. The van der Waals surface area contributed by atoms with Crippen LogP contribution in [-0.2, 0) is 19.1 Å². The van der Waals surface area contributed by atoms with Crippen LogP contribution in [0.3, 0.4) is 0 Å². The van der Waals surface area contributed by atoms with Crippen LogP contribution in [0.25, 0.3) is 0 Å². The maximum Gasteiger partial charge on any atom is 0.331 e. The molecule has 0 aromatic heterocycles. The molecule has 6 atom stereocenters. The zero-order chi connectivity index (χ0) is 17.6. The molecule has 0 N–H and O–H groups in total. The number of carbonyl (C=O) groups excluding carboxylic acids is 3. The second kappa shape index (κ2) is 4.72. The third-order valence-corrected chi connectivity index (χ3v) is 8.05. The van der Waals surface area contributed by atoms with Gasteiger partial charge in [0, 0.05) is 30.3 Å².